The van der Waals surface area contributed by atoms with Crippen molar-refractivity contribution in [1.82, 2.24) is 0 Å². The fourth-order valence-electron chi connectivity index (χ4n) is 1.26. The number of rotatable bonds is 2. The second-order valence-electron chi connectivity index (χ2n) is 2.97. The van der Waals surface area contributed by atoms with Crippen LogP contribution in [0.5, 0.6) is 5.75 Å². The Balaban J connectivity index is 2.76. The van der Waals surface area contributed by atoms with E-state index in [2.05, 4.69) is 17.9 Å². The Morgan fingerprint density at radius 1 is 1.36 bits per heavy atom. The van der Waals surface area contributed by atoms with Gasteiger partial charge in [-0.15, -0.1) is 11.6 Å². The largest absolute Gasteiger partial charge is 0.496 e. The Kier molecular flexibility index (Phi) is 4.35. The van der Waals surface area contributed by atoms with E-state index in [1.807, 2.05) is 19.1 Å². The third kappa shape index (κ3) is 2.97. The highest BCUT2D eigenvalue weighted by atomic mass is 35.5. The van der Waals surface area contributed by atoms with Gasteiger partial charge in [0.2, 0.25) is 0 Å². The van der Waals surface area contributed by atoms with Crippen LogP contribution in [0.1, 0.15) is 11.1 Å². The normalized spacial score (nSPS) is 9.07. The fraction of sp³-hybridized carbons (Fsp3) is 0.333. The molecule has 0 bridgehead atoms. The van der Waals surface area contributed by atoms with Crippen LogP contribution in [0.3, 0.4) is 0 Å². The van der Waals surface area contributed by atoms with Crippen molar-refractivity contribution in [2.24, 2.45) is 0 Å². The Bertz CT molecular complexity index is 360. The summed E-state index contributed by atoms with van der Waals surface area (Å²) in [4.78, 5) is 0. The molecule has 0 fully saturated rings. The van der Waals surface area contributed by atoms with E-state index < -0.39 is 0 Å². The van der Waals surface area contributed by atoms with Crippen molar-refractivity contribution < 1.29 is 4.74 Å². The van der Waals surface area contributed by atoms with Gasteiger partial charge in [-0.05, 0) is 24.1 Å². The van der Waals surface area contributed by atoms with Gasteiger partial charge in [0.15, 0.2) is 0 Å². The van der Waals surface area contributed by atoms with Gasteiger partial charge in [-0.2, -0.15) is 0 Å². The van der Waals surface area contributed by atoms with E-state index in [0.29, 0.717) is 5.88 Å². The predicted octanol–water partition coefficient (Wildman–Crippen LogP) is 2.79. The van der Waals surface area contributed by atoms with Crippen molar-refractivity contribution in [2.75, 3.05) is 13.0 Å². The smallest absolute Gasteiger partial charge is 0.121 e. The molecule has 0 aliphatic rings. The lowest BCUT2D eigenvalue weighted by Gasteiger charge is -2.04. The molecule has 0 radical (unpaired) electrons. The molecule has 14 heavy (non-hydrogen) atoms. The van der Waals surface area contributed by atoms with Crippen molar-refractivity contribution in [3.63, 3.8) is 0 Å². The lowest BCUT2D eigenvalue weighted by atomic mass is 10.1. The van der Waals surface area contributed by atoms with E-state index in [4.69, 9.17) is 16.3 Å². The van der Waals surface area contributed by atoms with Crippen LogP contribution in [0.2, 0.25) is 0 Å². The highest BCUT2D eigenvalue weighted by molar-refractivity contribution is 6.19. The quantitative estimate of drug-likeness (QED) is 0.537. The summed E-state index contributed by atoms with van der Waals surface area (Å²) >= 11 is 5.45. The molecule has 1 aromatic carbocycles. The molecular weight excluding hydrogens is 196 g/mol. The minimum atomic E-state index is 0.398. The van der Waals surface area contributed by atoms with E-state index in [1.54, 1.807) is 7.11 Å². The summed E-state index contributed by atoms with van der Waals surface area (Å²) in [6.07, 6.45) is 0.748. The van der Waals surface area contributed by atoms with Crippen molar-refractivity contribution >= 4 is 11.6 Å². The molecule has 74 valence electrons. The SMILES string of the molecule is COc1ccc(CC#CCCl)cc1C. The fourth-order valence-corrected chi connectivity index (χ4v) is 1.36. The average Bonchev–Trinajstić information content (AvgIpc) is 2.18. The number of halogens is 1. The standard InChI is InChI=1S/C12H13ClO/c1-10-9-11(5-3-4-8-13)6-7-12(10)14-2/h6-7,9H,5,8H2,1-2H3. The lowest BCUT2D eigenvalue weighted by molar-refractivity contribution is 0.411. The van der Waals surface area contributed by atoms with Gasteiger partial charge in [0.25, 0.3) is 0 Å². The first-order valence-corrected chi connectivity index (χ1v) is 4.96. The Hall–Kier alpha value is -1.13. The van der Waals surface area contributed by atoms with Crippen LogP contribution in [0, 0.1) is 18.8 Å². The van der Waals surface area contributed by atoms with Crippen LogP contribution in [0.15, 0.2) is 18.2 Å². The van der Waals surface area contributed by atoms with Gasteiger partial charge in [0.1, 0.15) is 5.75 Å². The molecule has 0 atom stereocenters. The lowest BCUT2D eigenvalue weighted by Crippen LogP contribution is -1.89. The summed E-state index contributed by atoms with van der Waals surface area (Å²) in [5, 5.41) is 0. The van der Waals surface area contributed by atoms with Crippen LogP contribution in [-0.4, -0.2) is 13.0 Å². The summed E-state index contributed by atoms with van der Waals surface area (Å²) < 4.78 is 5.17. The van der Waals surface area contributed by atoms with Crippen LogP contribution in [0.4, 0.5) is 0 Å². The minimum Gasteiger partial charge on any atom is -0.496 e. The van der Waals surface area contributed by atoms with E-state index >= 15 is 0 Å². The van der Waals surface area contributed by atoms with Gasteiger partial charge in [0.05, 0.1) is 13.0 Å². The third-order valence-corrected chi connectivity index (χ3v) is 2.08. The Morgan fingerprint density at radius 2 is 2.14 bits per heavy atom. The minimum absolute atomic E-state index is 0.398. The molecule has 0 aliphatic carbocycles. The molecule has 1 aromatic rings. The zero-order chi connectivity index (χ0) is 10.4. The van der Waals surface area contributed by atoms with Gasteiger partial charge >= 0.3 is 0 Å². The molecule has 0 heterocycles. The molecule has 0 unspecified atom stereocenters. The number of hydrogen-bond acceptors (Lipinski definition) is 1. The zero-order valence-corrected chi connectivity index (χ0v) is 9.19. The molecule has 0 N–H and O–H groups in total. The summed E-state index contributed by atoms with van der Waals surface area (Å²) in [6, 6.07) is 6.07. The summed E-state index contributed by atoms with van der Waals surface area (Å²) in [5.41, 5.74) is 2.33. The number of ether oxygens (including phenoxy) is 1. The molecule has 2 heteroatoms. The molecular formula is C12H13ClO. The van der Waals surface area contributed by atoms with E-state index in [-0.39, 0.29) is 0 Å². The van der Waals surface area contributed by atoms with Crippen molar-refractivity contribution in [3.05, 3.63) is 29.3 Å². The maximum atomic E-state index is 5.45. The molecule has 1 nitrogen and oxygen atoms in total. The molecule has 0 amide bonds. The summed E-state index contributed by atoms with van der Waals surface area (Å²) in [7, 11) is 1.68. The van der Waals surface area contributed by atoms with E-state index in [1.165, 1.54) is 5.56 Å². The van der Waals surface area contributed by atoms with Crippen molar-refractivity contribution in [3.8, 4) is 17.6 Å². The van der Waals surface area contributed by atoms with E-state index in [0.717, 1.165) is 17.7 Å². The number of methoxy groups -OCH3 is 1. The zero-order valence-electron chi connectivity index (χ0n) is 8.43. The van der Waals surface area contributed by atoms with E-state index in [9.17, 15) is 0 Å². The van der Waals surface area contributed by atoms with Gasteiger partial charge < -0.3 is 4.74 Å². The summed E-state index contributed by atoms with van der Waals surface area (Å²) in [6.45, 7) is 2.03. The molecule has 0 saturated carbocycles. The maximum absolute atomic E-state index is 5.45. The first-order chi connectivity index (χ1) is 6.77. The van der Waals surface area contributed by atoms with Gasteiger partial charge in [-0.3, -0.25) is 0 Å². The first-order valence-electron chi connectivity index (χ1n) is 4.43. The third-order valence-electron chi connectivity index (χ3n) is 1.94. The first kappa shape index (κ1) is 10.9. The molecule has 0 saturated heterocycles. The van der Waals surface area contributed by atoms with Crippen molar-refractivity contribution in [2.45, 2.75) is 13.3 Å². The number of hydrogen-bond donors (Lipinski definition) is 0. The number of aryl methyl sites for hydroxylation is 1. The van der Waals surface area contributed by atoms with Crippen LogP contribution in [0.25, 0.3) is 0 Å². The Morgan fingerprint density at radius 3 is 2.71 bits per heavy atom. The number of benzene rings is 1. The Labute approximate surface area is 90.0 Å². The number of alkyl halides is 1. The highest BCUT2D eigenvalue weighted by Crippen LogP contribution is 2.18. The van der Waals surface area contributed by atoms with Crippen LogP contribution in [-0.2, 0) is 6.42 Å². The predicted molar refractivity (Wildman–Crippen MR) is 59.9 cm³/mol. The van der Waals surface area contributed by atoms with Crippen LogP contribution < -0.4 is 4.74 Å². The monoisotopic (exact) mass is 208 g/mol. The molecule has 0 aromatic heterocycles. The summed E-state index contributed by atoms with van der Waals surface area (Å²) in [5.74, 6) is 7.14. The topological polar surface area (TPSA) is 9.23 Å². The maximum Gasteiger partial charge on any atom is 0.121 e. The van der Waals surface area contributed by atoms with Gasteiger partial charge in [-0.25, -0.2) is 0 Å². The highest BCUT2D eigenvalue weighted by Gasteiger charge is 1.97. The second kappa shape index (κ2) is 5.57. The average molecular weight is 209 g/mol. The van der Waals surface area contributed by atoms with Crippen molar-refractivity contribution in [1.29, 1.82) is 0 Å². The molecule has 1 rings (SSSR count). The molecule has 0 aliphatic heterocycles. The van der Waals surface area contributed by atoms with Gasteiger partial charge in [-0.1, -0.05) is 24.0 Å². The van der Waals surface area contributed by atoms with Crippen LogP contribution >= 0.6 is 11.6 Å². The van der Waals surface area contributed by atoms with Gasteiger partial charge in [0, 0.05) is 6.42 Å². The second-order valence-corrected chi connectivity index (χ2v) is 3.24. The molecule has 0 spiro atoms.